The monoisotopic (exact) mass is 414 g/mol. The van der Waals surface area contributed by atoms with E-state index in [-0.39, 0.29) is 24.8 Å². The van der Waals surface area contributed by atoms with Crippen molar-refractivity contribution in [2.45, 2.75) is 13.3 Å². The Labute approximate surface area is 174 Å². The van der Waals surface area contributed by atoms with Crippen LogP contribution in [0.5, 0.6) is 0 Å². The quantitative estimate of drug-likeness (QED) is 0.604. The maximum atomic E-state index is 12.8. The third kappa shape index (κ3) is 4.64. The molecular weight excluding hydrogens is 395 g/mol. The molecule has 144 valence electrons. The van der Waals surface area contributed by atoms with Crippen LogP contribution < -0.4 is 5.32 Å². The summed E-state index contributed by atoms with van der Waals surface area (Å²) in [5.41, 5.74) is 1.30. The van der Waals surface area contributed by atoms with Gasteiger partial charge in [-0.05, 0) is 35.4 Å². The molecule has 28 heavy (non-hydrogen) atoms. The number of nitrogens with zero attached hydrogens (tertiary/aromatic N) is 1. The van der Waals surface area contributed by atoms with Gasteiger partial charge in [-0.15, -0.1) is 0 Å². The second-order valence-corrected chi connectivity index (χ2v) is 7.18. The Bertz CT molecular complexity index is 995. The highest BCUT2D eigenvalue weighted by atomic mass is 35.5. The van der Waals surface area contributed by atoms with E-state index in [9.17, 15) is 9.59 Å². The summed E-state index contributed by atoms with van der Waals surface area (Å²) in [6, 6.07) is 18.8. The molecule has 0 fully saturated rings. The van der Waals surface area contributed by atoms with Crippen molar-refractivity contribution in [3.8, 4) is 0 Å². The van der Waals surface area contributed by atoms with E-state index in [1.54, 1.807) is 18.2 Å². The summed E-state index contributed by atoms with van der Waals surface area (Å²) in [5, 5.41) is 5.53. The lowest BCUT2D eigenvalue weighted by atomic mass is 10.0. The molecular formula is C22H20Cl2N2O2. The minimum absolute atomic E-state index is 0.0678. The molecule has 0 atom stereocenters. The Kier molecular flexibility index (Phi) is 6.55. The van der Waals surface area contributed by atoms with Crippen molar-refractivity contribution in [1.82, 2.24) is 4.90 Å². The van der Waals surface area contributed by atoms with E-state index in [2.05, 4.69) is 5.32 Å². The van der Waals surface area contributed by atoms with Crippen molar-refractivity contribution < 1.29 is 9.59 Å². The Morgan fingerprint density at radius 3 is 2.29 bits per heavy atom. The van der Waals surface area contributed by atoms with E-state index >= 15 is 0 Å². The molecule has 3 aromatic rings. The molecule has 6 heteroatoms. The van der Waals surface area contributed by atoms with Gasteiger partial charge in [0.15, 0.2) is 0 Å². The number of likely N-dealkylation sites (N-methyl/N-ethyl adjacent to an activating group) is 1. The first-order chi connectivity index (χ1) is 13.5. The van der Waals surface area contributed by atoms with E-state index < -0.39 is 0 Å². The number of fused-ring (bicyclic) bond motifs is 1. The molecule has 0 radical (unpaired) electrons. The molecule has 3 rings (SSSR count). The smallest absolute Gasteiger partial charge is 0.244 e. The molecule has 0 unspecified atom stereocenters. The largest absolute Gasteiger partial charge is 0.333 e. The number of nitrogens with one attached hydrogen (secondary N) is 1. The lowest BCUT2D eigenvalue weighted by Gasteiger charge is -2.21. The van der Waals surface area contributed by atoms with Crippen LogP contribution in [0.25, 0.3) is 10.8 Å². The summed E-state index contributed by atoms with van der Waals surface area (Å²) in [5.74, 6) is -0.456. The minimum Gasteiger partial charge on any atom is -0.333 e. The van der Waals surface area contributed by atoms with Crippen LogP contribution in [-0.2, 0) is 16.0 Å². The van der Waals surface area contributed by atoms with Crippen molar-refractivity contribution in [3.63, 3.8) is 0 Å². The lowest BCUT2D eigenvalue weighted by molar-refractivity contribution is -0.133. The molecule has 1 N–H and O–H groups in total. The maximum Gasteiger partial charge on any atom is 0.244 e. The number of carbonyl (C=O) groups is 2. The summed E-state index contributed by atoms with van der Waals surface area (Å²) >= 11 is 12.2. The van der Waals surface area contributed by atoms with Crippen LogP contribution in [0.2, 0.25) is 10.0 Å². The van der Waals surface area contributed by atoms with Gasteiger partial charge in [0.25, 0.3) is 0 Å². The highest BCUT2D eigenvalue weighted by molar-refractivity contribution is 6.39. The zero-order chi connectivity index (χ0) is 20.1. The molecule has 0 saturated carbocycles. The van der Waals surface area contributed by atoms with Gasteiger partial charge in [-0.3, -0.25) is 9.59 Å². The van der Waals surface area contributed by atoms with Crippen LogP contribution in [0.3, 0.4) is 0 Å². The van der Waals surface area contributed by atoms with Crippen LogP contribution in [0.15, 0.2) is 60.7 Å². The van der Waals surface area contributed by atoms with Gasteiger partial charge in [0.05, 0.1) is 28.7 Å². The van der Waals surface area contributed by atoms with Crippen LogP contribution in [0.1, 0.15) is 12.5 Å². The Balaban J connectivity index is 1.70. The van der Waals surface area contributed by atoms with Gasteiger partial charge in [-0.2, -0.15) is 0 Å². The number of hydrogen-bond donors (Lipinski definition) is 1. The number of anilines is 1. The first-order valence-electron chi connectivity index (χ1n) is 8.98. The summed E-state index contributed by atoms with van der Waals surface area (Å²) in [4.78, 5) is 26.8. The molecule has 0 spiro atoms. The molecule has 0 saturated heterocycles. The second-order valence-electron chi connectivity index (χ2n) is 6.37. The second kappa shape index (κ2) is 9.09. The first-order valence-corrected chi connectivity index (χ1v) is 9.73. The van der Waals surface area contributed by atoms with Crippen LogP contribution in [0, 0.1) is 0 Å². The van der Waals surface area contributed by atoms with Gasteiger partial charge < -0.3 is 10.2 Å². The highest BCUT2D eigenvalue weighted by Gasteiger charge is 2.18. The normalized spacial score (nSPS) is 10.7. The van der Waals surface area contributed by atoms with Crippen molar-refractivity contribution in [2.24, 2.45) is 0 Å². The van der Waals surface area contributed by atoms with Gasteiger partial charge in [0, 0.05) is 6.54 Å². The Morgan fingerprint density at radius 2 is 1.57 bits per heavy atom. The van der Waals surface area contributed by atoms with E-state index in [1.165, 1.54) is 4.90 Å². The van der Waals surface area contributed by atoms with E-state index in [1.807, 2.05) is 49.4 Å². The number of rotatable bonds is 6. The predicted octanol–water partition coefficient (Wildman–Crippen LogP) is 5.18. The van der Waals surface area contributed by atoms with Crippen molar-refractivity contribution in [1.29, 1.82) is 0 Å². The van der Waals surface area contributed by atoms with Crippen LogP contribution >= 0.6 is 23.2 Å². The first kappa shape index (κ1) is 20.2. The molecule has 0 aliphatic heterocycles. The fraction of sp³-hybridized carbons (Fsp3) is 0.182. The van der Waals surface area contributed by atoms with E-state index in [0.717, 1.165) is 16.3 Å². The summed E-state index contributed by atoms with van der Waals surface area (Å²) in [6.07, 6.45) is 0.231. The minimum atomic E-state index is -0.344. The summed E-state index contributed by atoms with van der Waals surface area (Å²) in [6.45, 7) is 2.20. The van der Waals surface area contributed by atoms with Gasteiger partial charge in [0.1, 0.15) is 0 Å². The zero-order valence-corrected chi connectivity index (χ0v) is 16.9. The Morgan fingerprint density at radius 1 is 0.929 bits per heavy atom. The van der Waals surface area contributed by atoms with E-state index in [4.69, 9.17) is 23.2 Å². The van der Waals surface area contributed by atoms with E-state index in [0.29, 0.717) is 22.3 Å². The van der Waals surface area contributed by atoms with Gasteiger partial charge in [-0.1, -0.05) is 71.7 Å². The average Bonchev–Trinajstić information content (AvgIpc) is 2.69. The number of carbonyl (C=O) groups excluding carboxylic acids is 2. The van der Waals surface area contributed by atoms with Crippen molar-refractivity contribution >= 4 is 51.5 Å². The molecule has 0 heterocycles. The molecule has 0 aliphatic carbocycles. The average molecular weight is 415 g/mol. The topological polar surface area (TPSA) is 49.4 Å². The fourth-order valence-electron chi connectivity index (χ4n) is 3.07. The number of benzene rings is 3. The standard InChI is InChI=1S/C22H20Cl2N2O2/c1-2-26(14-20(27)25-22-18(23)11-6-12-19(22)24)21(28)13-16-9-5-8-15-7-3-4-10-17(15)16/h3-12H,2,13-14H2,1H3,(H,25,27). The number of hydrogen-bond acceptors (Lipinski definition) is 2. The number of para-hydroxylation sites is 1. The lowest BCUT2D eigenvalue weighted by Crippen LogP contribution is -2.38. The van der Waals surface area contributed by atoms with Gasteiger partial charge in [-0.25, -0.2) is 0 Å². The molecule has 0 aromatic heterocycles. The molecule has 4 nitrogen and oxygen atoms in total. The number of amides is 2. The van der Waals surface area contributed by atoms with Crippen LogP contribution in [0.4, 0.5) is 5.69 Å². The third-order valence-corrected chi connectivity index (χ3v) is 5.15. The SMILES string of the molecule is CCN(CC(=O)Nc1c(Cl)cccc1Cl)C(=O)Cc1cccc2ccccc12. The van der Waals surface area contributed by atoms with Gasteiger partial charge >= 0.3 is 0 Å². The zero-order valence-electron chi connectivity index (χ0n) is 15.4. The van der Waals surface area contributed by atoms with Crippen LogP contribution in [-0.4, -0.2) is 29.8 Å². The summed E-state index contributed by atoms with van der Waals surface area (Å²) < 4.78 is 0. The van der Waals surface area contributed by atoms with Crippen molar-refractivity contribution in [3.05, 3.63) is 76.3 Å². The fourth-order valence-corrected chi connectivity index (χ4v) is 3.56. The number of halogens is 2. The van der Waals surface area contributed by atoms with Gasteiger partial charge in [0.2, 0.25) is 11.8 Å². The van der Waals surface area contributed by atoms with Crippen molar-refractivity contribution in [2.75, 3.05) is 18.4 Å². The summed E-state index contributed by atoms with van der Waals surface area (Å²) in [7, 11) is 0. The predicted molar refractivity (Wildman–Crippen MR) is 115 cm³/mol. The molecule has 0 bridgehead atoms. The molecule has 3 aromatic carbocycles. The third-order valence-electron chi connectivity index (χ3n) is 4.52. The maximum absolute atomic E-state index is 12.8. The molecule has 2 amide bonds. The highest BCUT2D eigenvalue weighted by Crippen LogP contribution is 2.29. The molecule has 0 aliphatic rings. The Hall–Kier alpha value is -2.56.